The van der Waals surface area contributed by atoms with Crippen LogP contribution in [0.2, 0.25) is 0 Å². The Morgan fingerprint density at radius 3 is 2.30 bits per heavy atom. The van der Waals surface area contributed by atoms with Crippen LogP contribution in [-0.2, 0) is 19.2 Å². The number of allylic oxidation sites excluding steroid dienone is 5. The number of nitrogens with zero attached hydrogens (tertiary/aromatic N) is 2. The van der Waals surface area contributed by atoms with Crippen molar-refractivity contribution in [2.24, 2.45) is 11.7 Å². The molecule has 0 radical (unpaired) electrons. The predicted molar refractivity (Wildman–Crippen MR) is 116 cm³/mol. The molecule has 3 atom stereocenters. The van der Waals surface area contributed by atoms with Gasteiger partial charge in [0.15, 0.2) is 0 Å². The molecule has 3 N–H and O–H groups in total. The molecule has 0 aromatic rings. The molecule has 8 heteroatoms. The van der Waals surface area contributed by atoms with Crippen molar-refractivity contribution in [3.8, 4) is 0 Å². The van der Waals surface area contributed by atoms with E-state index in [-0.39, 0.29) is 17.7 Å². The van der Waals surface area contributed by atoms with E-state index in [1.54, 1.807) is 32.2 Å². The number of hydrogen-bond donors (Lipinski definition) is 2. The number of carbonyl (C=O) groups excluding carboxylic acids is 4. The summed E-state index contributed by atoms with van der Waals surface area (Å²) in [6, 6.07) is -2.22. The van der Waals surface area contributed by atoms with Gasteiger partial charge in [-0.3, -0.25) is 19.2 Å². The quantitative estimate of drug-likeness (QED) is 0.432. The van der Waals surface area contributed by atoms with E-state index >= 15 is 0 Å². The number of hydrogen-bond acceptors (Lipinski definition) is 4. The maximum absolute atomic E-state index is 12.9. The summed E-state index contributed by atoms with van der Waals surface area (Å²) in [7, 11) is 1.56. The lowest BCUT2D eigenvalue weighted by atomic mass is 10.0. The molecule has 8 nitrogen and oxygen atoms in total. The van der Waals surface area contributed by atoms with Crippen LogP contribution in [0.3, 0.4) is 0 Å². The Balaban J connectivity index is 2.82. The van der Waals surface area contributed by atoms with Crippen LogP contribution in [0.1, 0.15) is 40.5 Å². The van der Waals surface area contributed by atoms with Gasteiger partial charge in [0.2, 0.25) is 23.6 Å². The molecule has 1 heterocycles. The van der Waals surface area contributed by atoms with E-state index in [4.69, 9.17) is 5.73 Å². The minimum Gasteiger partial charge on any atom is -0.368 e. The molecule has 0 unspecified atom stereocenters. The van der Waals surface area contributed by atoms with E-state index in [1.165, 1.54) is 15.9 Å². The fraction of sp³-hybridized carbons (Fsp3) is 0.545. The maximum Gasteiger partial charge on any atom is 0.246 e. The summed E-state index contributed by atoms with van der Waals surface area (Å²) in [6.45, 7) is 7.56. The zero-order chi connectivity index (χ0) is 22.8. The molecule has 1 saturated heterocycles. The van der Waals surface area contributed by atoms with E-state index in [0.717, 1.165) is 0 Å². The van der Waals surface area contributed by atoms with Crippen molar-refractivity contribution in [1.82, 2.24) is 15.1 Å². The van der Waals surface area contributed by atoms with Gasteiger partial charge in [0, 0.05) is 19.7 Å². The zero-order valence-corrected chi connectivity index (χ0v) is 18.5. The first kappa shape index (κ1) is 25.1. The van der Waals surface area contributed by atoms with Crippen LogP contribution in [0, 0.1) is 5.92 Å². The number of likely N-dealkylation sites (N-methyl/N-ethyl adjacent to an activating group) is 1. The maximum atomic E-state index is 12.9. The summed E-state index contributed by atoms with van der Waals surface area (Å²) in [5.74, 6) is -1.80. The Kier molecular flexibility index (Phi) is 10.0. The molecule has 0 aromatic heterocycles. The molecule has 0 aromatic carbocycles. The summed E-state index contributed by atoms with van der Waals surface area (Å²) in [4.78, 5) is 52.4. The highest BCUT2D eigenvalue weighted by molar-refractivity contribution is 5.96. The predicted octanol–water partition coefficient (Wildman–Crippen LogP) is 1.14. The molecule has 166 valence electrons. The largest absolute Gasteiger partial charge is 0.368 e. The molecule has 0 spiro atoms. The van der Waals surface area contributed by atoms with Gasteiger partial charge in [-0.2, -0.15) is 0 Å². The number of carbonyl (C=O) groups is 4. The number of likely N-dealkylation sites (tertiary alicyclic amines) is 1. The van der Waals surface area contributed by atoms with Crippen LogP contribution in [0.5, 0.6) is 0 Å². The summed E-state index contributed by atoms with van der Waals surface area (Å²) in [5.41, 5.74) is 5.38. The lowest BCUT2D eigenvalue weighted by molar-refractivity contribution is -0.142. The van der Waals surface area contributed by atoms with Gasteiger partial charge < -0.3 is 20.9 Å². The van der Waals surface area contributed by atoms with Gasteiger partial charge >= 0.3 is 0 Å². The number of nitrogens with two attached hydrogens (primary N) is 1. The Morgan fingerprint density at radius 1 is 1.10 bits per heavy atom. The smallest absolute Gasteiger partial charge is 0.246 e. The molecular formula is C22H34N4O4. The second-order valence-corrected chi connectivity index (χ2v) is 7.73. The number of amides is 4. The minimum atomic E-state index is -0.832. The highest BCUT2D eigenvalue weighted by Gasteiger charge is 2.36. The summed E-state index contributed by atoms with van der Waals surface area (Å²) >= 11 is 0. The van der Waals surface area contributed by atoms with Crippen molar-refractivity contribution >= 4 is 23.6 Å². The second kappa shape index (κ2) is 11.9. The topological polar surface area (TPSA) is 113 Å². The van der Waals surface area contributed by atoms with Crippen molar-refractivity contribution in [2.75, 3.05) is 13.6 Å². The molecule has 1 aliphatic rings. The first-order valence-corrected chi connectivity index (χ1v) is 10.2. The van der Waals surface area contributed by atoms with Gasteiger partial charge in [-0.15, -0.1) is 0 Å². The first-order valence-electron chi connectivity index (χ1n) is 10.2. The van der Waals surface area contributed by atoms with Gasteiger partial charge in [0.1, 0.15) is 18.1 Å². The van der Waals surface area contributed by atoms with Crippen molar-refractivity contribution in [1.29, 1.82) is 0 Å². The van der Waals surface area contributed by atoms with Gasteiger partial charge in [0.05, 0.1) is 0 Å². The first-order chi connectivity index (χ1) is 14.1. The SMILES string of the molecule is C/C=C/C=C/C=C/C(=O)N(C)[C@@H](C(=O)N[C@@H](C)C(=O)N1CCC[C@@H]1C(N)=O)C(C)C. The molecule has 0 saturated carbocycles. The Labute approximate surface area is 178 Å². The van der Waals surface area contributed by atoms with Crippen LogP contribution in [-0.4, -0.2) is 65.1 Å². The van der Waals surface area contributed by atoms with Gasteiger partial charge in [-0.25, -0.2) is 0 Å². The van der Waals surface area contributed by atoms with Gasteiger partial charge in [0.25, 0.3) is 0 Å². The van der Waals surface area contributed by atoms with Crippen molar-refractivity contribution in [2.45, 2.75) is 58.7 Å². The second-order valence-electron chi connectivity index (χ2n) is 7.73. The number of nitrogens with one attached hydrogen (secondary N) is 1. The molecule has 0 bridgehead atoms. The van der Waals surface area contributed by atoms with E-state index in [1.807, 2.05) is 32.9 Å². The summed E-state index contributed by atoms with van der Waals surface area (Å²) in [6.07, 6.45) is 11.4. The third kappa shape index (κ3) is 6.86. The van der Waals surface area contributed by atoms with Crippen molar-refractivity contribution in [3.63, 3.8) is 0 Å². The third-order valence-corrected chi connectivity index (χ3v) is 5.02. The Bertz CT molecular complexity index is 727. The van der Waals surface area contributed by atoms with Crippen LogP contribution in [0.25, 0.3) is 0 Å². The van der Waals surface area contributed by atoms with Gasteiger partial charge in [-0.05, 0) is 32.6 Å². The fourth-order valence-corrected chi connectivity index (χ4v) is 3.49. The molecule has 4 amide bonds. The van der Waals surface area contributed by atoms with E-state index in [0.29, 0.717) is 19.4 Å². The Morgan fingerprint density at radius 2 is 1.73 bits per heavy atom. The van der Waals surface area contributed by atoms with Crippen LogP contribution in [0.4, 0.5) is 0 Å². The highest BCUT2D eigenvalue weighted by Crippen LogP contribution is 2.18. The van der Waals surface area contributed by atoms with E-state index in [9.17, 15) is 19.2 Å². The van der Waals surface area contributed by atoms with Crippen molar-refractivity contribution < 1.29 is 19.2 Å². The number of rotatable bonds is 9. The Hall–Kier alpha value is -2.90. The summed E-state index contributed by atoms with van der Waals surface area (Å²) in [5, 5.41) is 2.69. The average Bonchev–Trinajstić information content (AvgIpc) is 3.16. The van der Waals surface area contributed by atoms with Crippen LogP contribution in [0.15, 0.2) is 36.5 Å². The highest BCUT2D eigenvalue weighted by atomic mass is 16.2. The molecular weight excluding hydrogens is 384 g/mol. The van der Waals surface area contributed by atoms with Crippen LogP contribution < -0.4 is 11.1 Å². The molecule has 1 aliphatic heterocycles. The van der Waals surface area contributed by atoms with Gasteiger partial charge in [-0.1, -0.05) is 44.2 Å². The van der Waals surface area contributed by atoms with E-state index < -0.39 is 29.9 Å². The van der Waals surface area contributed by atoms with Crippen molar-refractivity contribution in [3.05, 3.63) is 36.5 Å². The van der Waals surface area contributed by atoms with E-state index in [2.05, 4.69) is 5.32 Å². The normalized spacial score (nSPS) is 19.0. The average molecular weight is 419 g/mol. The fourth-order valence-electron chi connectivity index (χ4n) is 3.49. The molecule has 1 fully saturated rings. The lowest BCUT2D eigenvalue weighted by Gasteiger charge is -2.31. The molecule has 0 aliphatic carbocycles. The molecule has 30 heavy (non-hydrogen) atoms. The van der Waals surface area contributed by atoms with Crippen LogP contribution >= 0.6 is 0 Å². The zero-order valence-electron chi connectivity index (χ0n) is 18.5. The third-order valence-electron chi connectivity index (χ3n) is 5.02. The standard InChI is InChI=1S/C22H34N4O4/c1-6-7-8-9-10-13-18(27)25(5)19(15(2)3)21(29)24-16(4)22(30)26-14-11-12-17(26)20(23)28/h6-10,13,15-17,19H,11-12,14H2,1-5H3,(H2,23,28)(H,24,29)/b7-6+,9-8+,13-10+/t16-,17+,19+/m0/s1. The number of primary amides is 1. The minimum absolute atomic E-state index is 0.168. The molecule has 1 rings (SSSR count). The lowest BCUT2D eigenvalue weighted by Crippen LogP contribution is -2.56. The monoisotopic (exact) mass is 418 g/mol. The summed E-state index contributed by atoms with van der Waals surface area (Å²) < 4.78 is 0.